The molecule has 1 aliphatic carbocycles. The minimum absolute atomic E-state index is 0.00640. The van der Waals surface area contributed by atoms with E-state index in [4.69, 9.17) is 4.74 Å². The maximum absolute atomic E-state index is 12.7. The van der Waals surface area contributed by atoms with Crippen LogP contribution in [0.1, 0.15) is 43.7 Å². The van der Waals surface area contributed by atoms with Gasteiger partial charge in [0.15, 0.2) is 0 Å². The van der Waals surface area contributed by atoms with Gasteiger partial charge < -0.3 is 10.1 Å². The number of benzene rings is 1. The molecule has 3 atom stereocenters. The van der Waals surface area contributed by atoms with Gasteiger partial charge in [-0.1, -0.05) is 26.0 Å². The van der Waals surface area contributed by atoms with Crippen LogP contribution in [0, 0.1) is 11.8 Å². The minimum Gasteiger partial charge on any atom is -0.379 e. The van der Waals surface area contributed by atoms with E-state index in [1.165, 1.54) is 12.1 Å². The Morgan fingerprint density at radius 2 is 1.86 bits per heavy atom. The molecule has 1 heterocycles. The van der Waals surface area contributed by atoms with Gasteiger partial charge in [-0.05, 0) is 42.4 Å². The highest BCUT2D eigenvalue weighted by Gasteiger charge is 2.44. The molecule has 1 N–H and O–H groups in total. The molecule has 3 unspecified atom stereocenters. The van der Waals surface area contributed by atoms with Gasteiger partial charge in [0.05, 0.1) is 18.8 Å². The van der Waals surface area contributed by atoms with Crippen molar-refractivity contribution in [2.24, 2.45) is 11.8 Å². The number of hydrogen-bond acceptors (Lipinski definition) is 3. The van der Waals surface area contributed by atoms with Crippen LogP contribution in [0.2, 0.25) is 0 Å². The van der Waals surface area contributed by atoms with Gasteiger partial charge >= 0.3 is 6.18 Å². The molecule has 4 nitrogen and oxygen atoms in total. The van der Waals surface area contributed by atoms with Crippen LogP contribution < -0.4 is 5.32 Å². The normalized spacial score (nSPS) is 24.2. The Bertz CT molecular complexity index is 655. The second-order valence-corrected chi connectivity index (χ2v) is 8.25. The molecule has 28 heavy (non-hydrogen) atoms. The average Bonchev–Trinajstić information content (AvgIpc) is 3.45. The first-order valence-electron chi connectivity index (χ1n) is 10.0. The van der Waals surface area contributed by atoms with Crippen molar-refractivity contribution in [2.45, 2.75) is 44.8 Å². The first-order valence-corrected chi connectivity index (χ1v) is 10.0. The van der Waals surface area contributed by atoms with Crippen molar-refractivity contribution in [1.29, 1.82) is 0 Å². The summed E-state index contributed by atoms with van der Waals surface area (Å²) in [5.41, 5.74) is 0.153. The van der Waals surface area contributed by atoms with E-state index in [-0.39, 0.29) is 23.8 Å². The summed E-state index contributed by atoms with van der Waals surface area (Å²) in [6, 6.07) is 5.47. The lowest BCUT2D eigenvalue weighted by molar-refractivity contribution is -0.137. The molecule has 0 spiro atoms. The van der Waals surface area contributed by atoms with Crippen LogP contribution >= 0.6 is 0 Å². The Morgan fingerprint density at radius 1 is 1.21 bits per heavy atom. The van der Waals surface area contributed by atoms with Gasteiger partial charge in [0.2, 0.25) is 5.91 Å². The predicted octanol–water partition coefficient (Wildman–Crippen LogP) is 3.67. The number of alkyl halides is 3. The zero-order valence-corrected chi connectivity index (χ0v) is 16.5. The largest absolute Gasteiger partial charge is 0.416 e. The van der Waals surface area contributed by atoms with E-state index in [1.807, 2.05) is 0 Å². The van der Waals surface area contributed by atoms with E-state index in [1.54, 1.807) is 0 Å². The van der Waals surface area contributed by atoms with Gasteiger partial charge in [-0.15, -0.1) is 0 Å². The molecular weight excluding hydrogens is 369 g/mol. The van der Waals surface area contributed by atoms with Crippen molar-refractivity contribution >= 4 is 5.91 Å². The van der Waals surface area contributed by atoms with Crippen LogP contribution in [-0.2, 0) is 15.7 Å². The SMILES string of the molecule is CC(C)CC(CNC(=O)C1CC1c1ccc(C(F)(F)F)cc1)N1CCOCC1. The maximum Gasteiger partial charge on any atom is 0.416 e. The molecule has 3 rings (SSSR count). The molecule has 2 aliphatic rings. The topological polar surface area (TPSA) is 41.6 Å². The van der Waals surface area contributed by atoms with E-state index >= 15 is 0 Å². The molecule has 1 saturated carbocycles. The number of morpholine rings is 1. The monoisotopic (exact) mass is 398 g/mol. The molecular formula is C21H29F3N2O2. The molecule has 0 aromatic heterocycles. The fraction of sp³-hybridized carbons (Fsp3) is 0.667. The number of carbonyl (C=O) groups is 1. The van der Waals surface area contributed by atoms with Gasteiger partial charge in [-0.2, -0.15) is 13.2 Å². The number of halogens is 3. The summed E-state index contributed by atoms with van der Waals surface area (Å²) in [4.78, 5) is 14.9. The summed E-state index contributed by atoms with van der Waals surface area (Å²) in [5.74, 6) is 0.424. The lowest BCUT2D eigenvalue weighted by Crippen LogP contribution is -2.49. The van der Waals surface area contributed by atoms with Crippen LogP contribution in [0.5, 0.6) is 0 Å². The lowest BCUT2D eigenvalue weighted by Gasteiger charge is -2.35. The van der Waals surface area contributed by atoms with Crippen molar-refractivity contribution < 1.29 is 22.7 Å². The van der Waals surface area contributed by atoms with Crippen molar-refractivity contribution in [3.63, 3.8) is 0 Å². The number of hydrogen-bond donors (Lipinski definition) is 1. The fourth-order valence-electron chi connectivity index (χ4n) is 3.97. The number of amides is 1. The number of nitrogens with one attached hydrogen (secondary N) is 1. The molecule has 156 valence electrons. The highest BCUT2D eigenvalue weighted by molar-refractivity contribution is 5.82. The average molecular weight is 398 g/mol. The van der Waals surface area contributed by atoms with Crippen LogP contribution in [-0.4, -0.2) is 49.7 Å². The molecule has 0 bridgehead atoms. The molecule has 1 saturated heterocycles. The molecule has 2 fully saturated rings. The quantitative estimate of drug-likeness (QED) is 0.762. The predicted molar refractivity (Wildman–Crippen MR) is 101 cm³/mol. The molecule has 0 radical (unpaired) electrons. The first kappa shape index (κ1) is 21.1. The Hall–Kier alpha value is -1.60. The standard InChI is InChI=1S/C21H29F3N2O2/c1-14(2)11-17(26-7-9-28-10-8-26)13-25-20(27)19-12-18(19)15-3-5-16(6-4-15)21(22,23)24/h3-6,14,17-19H,7-13H2,1-2H3,(H,25,27). The highest BCUT2D eigenvalue weighted by Crippen LogP contribution is 2.48. The van der Waals surface area contributed by atoms with Crippen molar-refractivity contribution in [1.82, 2.24) is 10.2 Å². The molecule has 1 aromatic rings. The zero-order valence-electron chi connectivity index (χ0n) is 16.5. The number of nitrogens with zero attached hydrogens (tertiary/aromatic N) is 1. The summed E-state index contributed by atoms with van der Waals surface area (Å²) in [7, 11) is 0. The van der Waals surface area contributed by atoms with Gasteiger partial charge in [-0.3, -0.25) is 9.69 Å². The summed E-state index contributed by atoms with van der Waals surface area (Å²) >= 11 is 0. The van der Waals surface area contributed by atoms with Crippen LogP contribution in [0.15, 0.2) is 24.3 Å². The van der Waals surface area contributed by atoms with Crippen molar-refractivity contribution in [2.75, 3.05) is 32.8 Å². The zero-order chi connectivity index (χ0) is 20.3. The lowest BCUT2D eigenvalue weighted by atomic mass is 10.0. The van der Waals surface area contributed by atoms with Gasteiger partial charge in [0.25, 0.3) is 0 Å². The number of carbonyl (C=O) groups excluding carboxylic acids is 1. The third-order valence-electron chi connectivity index (χ3n) is 5.61. The second-order valence-electron chi connectivity index (χ2n) is 8.25. The van der Waals surface area contributed by atoms with Crippen molar-refractivity contribution in [3.05, 3.63) is 35.4 Å². The smallest absolute Gasteiger partial charge is 0.379 e. The van der Waals surface area contributed by atoms with E-state index in [0.717, 1.165) is 50.4 Å². The van der Waals surface area contributed by atoms with E-state index in [0.29, 0.717) is 18.9 Å². The Kier molecular flexibility index (Phi) is 6.65. The summed E-state index contributed by atoms with van der Waals surface area (Å²) in [6.45, 7) is 8.17. The molecule has 1 aliphatic heterocycles. The third kappa shape index (κ3) is 5.47. The fourth-order valence-corrected chi connectivity index (χ4v) is 3.97. The first-order chi connectivity index (χ1) is 13.3. The second kappa shape index (κ2) is 8.82. The molecule has 7 heteroatoms. The third-order valence-corrected chi connectivity index (χ3v) is 5.61. The highest BCUT2D eigenvalue weighted by atomic mass is 19.4. The Morgan fingerprint density at radius 3 is 2.43 bits per heavy atom. The summed E-state index contributed by atoms with van der Waals surface area (Å²) in [6.07, 6.45) is -2.62. The van der Waals surface area contributed by atoms with Gasteiger partial charge in [0.1, 0.15) is 0 Å². The van der Waals surface area contributed by atoms with Gasteiger partial charge in [-0.25, -0.2) is 0 Å². The Balaban J connectivity index is 1.52. The number of rotatable bonds is 7. The molecule has 1 aromatic carbocycles. The van der Waals surface area contributed by atoms with Crippen molar-refractivity contribution in [3.8, 4) is 0 Å². The van der Waals surface area contributed by atoms with Crippen LogP contribution in [0.4, 0.5) is 13.2 Å². The van der Waals surface area contributed by atoms with E-state index in [2.05, 4.69) is 24.1 Å². The minimum atomic E-state index is -4.33. The van der Waals surface area contributed by atoms with E-state index in [9.17, 15) is 18.0 Å². The maximum atomic E-state index is 12.7. The number of ether oxygens (including phenoxy) is 1. The Labute approximate surface area is 164 Å². The summed E-state index contributed by atoms with van der Waals surface area (Å²) < 4.78 is 43.5. The van der Waals surface area contributed by atoms with Gasteiger partial charge in [0, 0.05) is 31.6 Å². The summed E-state index contributed by atoms with van der Waals surface area (Å²) in [5, 5.41) is 3.08. The van der Waals surface area contributed by atoms with E-state index < -0.39 is 11.7 Å². The van der Waals surface area contributed by atoms with Crippen LogP contribution in [0.25, 0.3) is 0 Å². The van der Waals surface area contributed by atoms with Crippen LogP contribution in [0.3, 0.4) is 0 Å². The molecule has 1 amide bonds.